The average Bonchev–Trinajstić information content (AvgIpc) is 2.58. The Bertz CT molecular complexity index is 825. The first-order valence-electron chi connectivity index (χ1n) is 7.00. The van der Waals surface area contributed by atoms with Crippen LogP contribution in [0, 0.1) is 15.9 Å². The van der Waals surface area contributed by atoms with Crippen molar-refractivity contribution < 1.29 is 28.3 Å². The van der Waals surface area contributed by atoms with E-state index in [4.69, 9.17) is 15.2 Å². The van der Waals surface area contributed by atoms with E-state index in [1.54, 1.807) is 12.1 Å². The van der Waals surface area contributed by atoms with E-state index in [-0.39, 0.29) is 29.4 Å². The number of carbonyl (C=O) groups excluding carboxylic acids is 1. The quantitative estimate of drug-likeness (QED) is 0.369. The Kier molecular flexibility index (Phi) is 5.38. The first-order chi connectivity index (χ1) is 11.8. The van der Waals surface area contributed by atoms with Crippen LogP contribution in [-0.4, -0.2) is 25.1 Å². The van der Waals surface area contributed by atoms with Gasteiger partial charge in [-0.05, 0) is 17.7 Å². The van der Waals surface area contributed by atoms with Gasteiger partial charge in [0.15, 0.2) is 17.2 Å². The summed E-state index contributed by atoms with van der Waals surface area (Å²) in [6.45, 7) is 0. The van der Waals surface area contributed by atoms with Crippen molar-refractivity contribution in [2.75, 3.05) is 20.0 Å². The number of hydrogen-bond donors (Lipinski definition) is 1. The fourth-order valence-electron chi connectivity index (χ4n) is 2.05. The number of anilines is 1. The van der Waals surface area contributed by atoms with Crippen LogP contribution in [0.2, 0.25) is 0 Å². The number of rotatable bonds is 6. The van der Waals surface area contributed by atoms with Gasteiger partial charge in [-0.1, -0.05) is 6.07 Å². The topological polar surface area (TPSA) is 114 Å². The van der Waals surface area contributed by atoms with Gasteiger partial charge in [-0.15, -0.1) is 0 Å². The van der Waals surface area contributed by atoms with E-state index in [1.807, 2.05) is 0 Å². The Labute approximate surface area is 142 Å². The van der Waals surface area contributed by atoms with Crippen LogP contribution < -0.4 is 15.2 Å². The molecule has 0 amide bonds. The Morgan fingerprint density at radius 1 is 1.20 bits per heavy atom. The molecule has 25 heavy (non-hydrogen) atoms. The summed E-state index contributed by atoms with van der Waals surface area (Å²) in [6, 6.07) is 6.38. The number of benzene rings is 2. The maximum atomic E-state index is 13.8. The lowest BCUT2D eigenvalue weighted by atomic mass is 10.1. The van der Waals surface area contributed by atoms with Crippen LogP contribution >= 0.6 is 0 Å². The predicted octanol–water partition coefficient (Wildman–Crippen LogP) is 2.83. The van der Waals surface area contributed by atoms with E-state index < -0.39 is 22.4 Å². The number of hydrogen-bond acceptors (Lipinski definition) is 7. The van der Waals surface area contributed by atoms with Gasteiger partial charge >= 0.3 is 11.7 Å². The minimum absolute atomic E-state index is 0.0431. The molecule has 0 radical (unpaired) electrons. The lowest BCUT2D eigenvalue weighted by Crippen LogP contribution is -2.05. The molecule has 0 aliphatic heterocycles. The molecule has 0 spiro atoms. The molecule has 9 heteroatoms. The highest BCUT2D eigenvalue weighted by Gasteiger charge is 2.19. The first-order valence-corrected chi connectivity index (χ1v) is 7.00. The van der Waals surface area contributed by atoms with Crippen LogP contribution in [0.5, 0.6) is 17.2 Å². The summed E-state index contributed by atoms with van der Waals surface area (Å²) in [6.07, 6.45) is 0.0431. The van der Waals surface area contributed by atoms with Gasteiger partial charge in [-0.2, -0.15) is 4.39 Å². The first kappa shape index (κ1) is 18.0. The molecule has 0 aromatic heterocycles. The summed E-state index contributed by atoms with van der Waals surface area (Å²) in [5.74, 6) is -1.11. The Morgan fingerprint density at radius 2 is 1.92 bits per heavy atom. The van der Waals surface area contributed by atoms with E-state index in [9.17, 15) is 19.3 Å². The Balaban J connectivity index is 2.32. The maximum Gasteiger partial charge on any atom is 0.309 e. The van der Waals surface area contributed by atoms with E-state index in [0.717, 1.165) is 12.1 Å². The standard InChI is InChI=1S/C16H15FN2O6/c1-23-15-5-9(6-16(20)24-2)3-4-13(15)25-14-7-10(17)12(19(21)22)8-11(14)18/h3-5,7-8H,6,18H2,1-2H3. The lowest BCUT2D eigenvalue weighted by molar-refractivity contribution is -0.387. The number of nitro benzene ring substituents is 1. The van der Waals surface area contributed by atoms with Gasteiger partial charge in [0.05, 0.1) is 31.3 Å². The van der Waals surface area contributed by atoms with Crippen LogP contribution in [0.3, 0.4) is 0 Å². The predicted molar refractivity (Wildman–Crippen MR) is 86.3 cm³/mol. The number of carbonyl (C=O) groups is 1. The average molecular weight is 350 g/mol. The van der Waals surface area contributed by atoms with Crippen molar-refractivity contribution in [1.29, 1.82) is 0 Å². The third-order valence-electron chi connectivity index (χ3n) is 3.30. The summed E-state index contributed by atoms with van der Waals surface area (Å²) in [5.41, 5.74) is 5.46. The molecule has 2 aromatic carbocycles. The molecule has 8 nitrogen and oxygen atoms in total. The van der Waals surface area contributed by atoms with Crippen molar-refractivity contribution in [3.8, 4) is 17.2 Å². The fourth-order valence-corrected chi connectivity index (χ4v) is 2.05. The summed E-state index contributed by atoms with van der Waals surface area (Å²) >= 11 is 0. The van der Waals surface area contributed by atoms with Crippen LogP contribution in [0.15, 0.2) is 30.3 Å². The van der Waals surface area contributed by atoms with Crippen molar-refractivity contribution in [3.05, 3.63) is 51.8 Å². The number of ether oxygens (including phenoxy) is 3. The maximum absolute atomic E-state index is 13.8. The molecule has 0 saturated heterocycles. The number of nitrogen functional groups attached to an aromatic ring is 1. The molecule has 2 rings (SSSR count). The molecule has 0 unspecified atom stereocenters. The normalized spacial score (nSPS) is 10.2. The number of nitrogens with zero attached hydrogens (tertiary/aromatic N) is 1. The number of methoxy groups -OCH3 is 2. The van der Waals surface area contributed by atoms with Gasteiger partial charge in [-0.3, -0.25) is 14.9 Å². The fraction of sp³-hybridized carbons (Fsp3) is 0.188. The Morgan fingerprint density at radius 3 is 2.52 bits per heavy atom. The molecule has 0 heterocycles. The van der Waals surface area contributed by atoms with E-state index in [0.29, 0.717) is 5.56 Å². The van der Waals surface area contributed by atoms with Gasteiger partial charge in [0, 0.05) is 12.1 Å². The van der Waals surface area contributed by atoms with Gasteiger partial charge in [0.1, 0.15) is 0 Å². The monoisotopic (exact) mass is 350 g/mol. The van der Waals surface area contributed by atoms with Gasteiger partial charge < -0.3 is 19.9 Å². The summed E-state index contributed by atoms with van der Waals surface area (Å²) in [4.78, 5) is 21.1. The number of nitrogens with two attached hydrogens (primary N) is 1. The molecule has 0 bridgehead atoms. The lowest BCUT2D eigenvalue weighted by Gasteiger charge is -2.13. The molecule has 2 N–H and O–H groups in total. The van der Waals surface area contributed by atoms with Crippen molar-refractivity contribution >= 4 is 17.3 Å². The third kappa shape index (κ3) is 4.14. The smallest absolute Gasteiger partial charge is 0.309 e. The SMILES string of the molecule is COC(=O)Cc1ccc(Oc2cc(F)c([N+](=O)[O-])cc2N)c(OC)c1. The number of esters is 1. The third-order valence-corrected chi connectivity index (χ3v) is 3.30. The van der Waals surface area contributed by atoms with Crippen LogP contribution in [0.25, 0.3) is 0 Å². The minimum Gasteiger partial charge on any atom is -0.493 e. The van der Waals surface area contributed by atoms with Crippen LogP contribution in [0.4, 0.5) is 15.8 Å². The second-order valence-electron chi connectivity index (χ2n) is 4.94. The minimum atomic E-state index is -1.07. The summed E-state index contributed by atoms with van der Waals surface area (Å²) in [5, 5.41) is 10.7. The number of halogens is 1. The molecule has 0 fully saturated rings. The van der Waals surface area contributed by atoms with Crippen molar-refractivity contribution in [1.82, 2.24) is 0 Å². The second kappa shape index (κ2) is 7.47. The van der Waals surface area contributed by atoms with Crippen LogP contribution in [-0.2, 0) is 16.0 Å². The van der Waals surface area contributed by atoms with Crippen LogP contribution in [0.1, 0.15) is 5.56 Å². The molecule has 0 aliphatic rings. The highest BCUT2D eigenvalue weighted by Crippen LogP contribution is 2.37. The molecule has 2 aromatic rings. The highest BCUT2D eigenvalue weighted by molar-refractivity contribution is 5.72. The molecular formula is C16H15FN2O6. The zero-order valence-electron chi connectivity index (χ0n) is 13.4. The van der Waals surface area contributed by atoms with Crippen molar-refractivity contribution in [2.24, 2.45) is 0 Å². The van der Waals surface area contributed by atoms with E-state index in [1.165, 1.54) is 20.3 Å². The zero-order valence-corrected chi connectivity index (χ0v) is 13.4. The Hall–Kier alpha value is -3.36. The second-order valence-corrected chi connectivity index (χ2v) is 4.94. The molecule has 0 atom stereocenters. The van der Waals surface area contributed by atoms with Gasteiger partial charge in [0.2, 0.25) is 5.82 Å². The largest absolute Gasteiger partial charge is 0.493 e. The van der Waals surface area contributed by atoms with Gasteiger partial charge in [-0.25, -0.2) is 0 Å². The summed E-state index contributed by atoms with van der Waals surface area (Å²) < 4.78 is 29.0. The summed E-state index contributed by atoms with van der Waals surface area (Å²) in [7, 11) is 2.67. The molecule has 0 saturated carbocycles. The molecule has 132 valence electrons. The molecule has 0 aliphatic carbocycles. The number of nitro groups is 1. The van der Waals surface area contributed by atoms with Crippen molar-refractivity contribution in [2.45, 2.75) is 6.42 Å². The van der Waals surface area contributed by atoms with E-state index >= 15 is 0 Å². The van der Waals surface area contributed by atoms with Gasteiger partial charge in [0.25, 0.3) is 0 Å². The highest BCUT2D eigenvalue weighted by atomic mass is 19.1. The molecular weight excluding hydrogens is 335 g/mol. The van der Waals surface area contributed by atoms with Crippen molar-refractivity contribution in [3.63, 3.8) is 0 Å². The zero-order chi connectivity index (χ0) is 18.6. The van der Waals surface area contributed by atoms with E-state index in [2.05, 4.69) is 4.74 Å².